The Labute approximate surface area is 181 Å². The van der Waals surface area contributed by atoms with Crippen LogP contribution in [0.4, 0.5) is 5.69 Å². The molecule has 0 aliphatic carbocycles. The van der Waals surface area contributed by atoms with Gasteiger partial charge in [-0.3, -0.25) is 9.62 Å². The number of benzene rings is 1. The normalized spacial score (nSPS) is 15.1. The highest BCUT2D eigenvalue weighted by Gasteiger charge is 2.18. The van der Waals surface area contributed by atoms with Gasteiger partial charge < -0.3 is 9.47 Å². The molecule has 1 fully saturated rings. The van der Waals surface area contributed by atoms with Gasteiger partial charge in [0.2, 0.25) is 10.0 Å². The molecule has 1 N–H and O–H groups in total. The molecule has 0 saturated carbocycles. The Balaban J connectivity index is 1.79. The third-order valence-corrected chi connectivity index (χ3v) is 6.53. The van der Waals surface area contributed by atoms with E-state index in [1.807, 2.05) is 0 Å². The zero-order valence-electron chi connectivity index (χ0n) is 18.1. The maximum absolute atomic E-state index is 12.5. The number of esters is 1. The molecule has 2 rings (SSSR count). The summed E-state index contributed by atoms with van der Waals surface area (Å²) in [5.74, 6) is -0.459. The molecule has 0 aromatic heterocycles. The quantitative estimate of drug-likeness (QED) is 0.351. The van der Waals surface area contributed by atoms with Gasteiger partial charge in [-0.2, -0.15) is 0 Å². The lowest BCUT2D eigenvalue weighted by Crippen LogP contribution is -2.38. The van der Waals surface area contributed by atoms with E-state index in [0.29, 0.717) is 26.2 Å². The smallest absolute Gasteiger partial charge is 0.340 e. The molecule has 0 unspecified atom stereocenters. The van der Waals surface area contributed by atoms with Crippen LogP contribution in [0.2, 0.25) is 0 Å². The summed E-state index contributed by atoms with van der Waals surface area (Å²) in [5.41, 5.74) is 0.513. The predicted octanol–water partition coefficient (Wildman–Crippen LogP) is 3.67. The second-order valence-electron chi connectivity index (χ2n) is 7.68. The van der Waals surface area contributed by atoms with Crippen LogP contribution >= 0.6 is 0 Å². The van der Waals surface area contributed by atoms with Crippen LogP contribution in [0.25, 0.3) is 0 Å². The topological polar surface area (TPSA) is 84.9 Å². The molecule has 1 saturated heterocycles. The summed E-state index contributed by atoms with van der Waals surface area (Å²) in [5, 5.41) is 0. The Morgan fingerprint density at radius 2 is 1.73 bits per heavy atom. The van der Waals surface area contributed by atoms with E-state index in [2.05, 4.69) is 16.5 Å². The van der Waals surface area contributed by atoms with Crippen LogP contribution in [0, 0.1) is 0 Å². The summed E-state index contributed by atoms with van der Waals surface area (Å²) in [6.07, 6.45) is 7.38. The molecule has 8 heteroatoms. The minimum atomic E-state index is -3.51. The lowest BCUT2D eigenvalue weighted by molar-refractivity contribution is 0.0196. The molecule has 1 aliphatic heterocycles. The van der Waals surface area contributed by atoms with Gasteiger partial charge in [-0.15, -0.1) is 0 Å². The van der Waals surface area contributed by atoms with Gasteiger partial charge in [-0.05, 0) is 18.6 Å². The third kappa shape index (κ3) is 9.45. The van der Waals surface area contributed by atoms with E-state index in [9.17, 15) is 13.2 Å². The van der Waals surface area contributed by atoms with Crippen LogP contribution in [0.5, 0.6) is 0 Å². The largest absolute Gasteiger partial charge is 0.461 e. The van der Waals surface area contributed by atoms with Crippen LogP contribution in [-0.2, 0) is 19.5 Å². The van der Waals surface area contributed by atoms with Crippen molar-refractivity contribution in [3.05, 3.63) is 29.8 Å². The van der Waals surface area contributed by atoms with Crippen molar-refractivity contribution in [1.82, 2.24) is 4.90 Å². The van der Waals surface area contributed by atoms with Crippen LogP contribution in [-0.4, -0.2) is 64.5 Å². The first kappa shape index (κ1) is 24.6. The lowest BCUT2D eigenvalue weighted by Gasteiger charge is -2.26. The van der Waals surface area contributed by atoms with Crippen LogP contribution in [0.1, 0.15) is 62.2 Å². The van der Waals surface area contributed by atoms with E-state index < -0.39 is 16.0 Å². The molecule has 170 valence electrons. The second-order valence-corrected chi connectivity index (χ2v) is 9.52. The number of hydrogen-bond acceptors (Lipinski definition) is 6. The average molecular weight is 441 g/mol. The molecule has 0 spiro atoms. The number of morpholine rings is 1. The van der Waals surface area contributed by atoms with E-state index in [0.717, 1.165) is 32.4 Å². The fraction of sp³-hybridized carbons (Fsp3) is 0.682. The lowest BCUT2D eigenvalue weighted by atomic mass is 10.1. The first-order valence-corrected chi connectivity index (χ1v) is 12.7. The van der Waals surface area contributed by atoms with Gasteiger partial charge in [0, 0.05) is 19.6 Å². The summed E-state index contributed by atoms with van der Waals surface area (Å²) in [4.78, 5) is 14.7. The third-order valence-electron chi connectivity index (χ3n) is 5.17. The standard InChI is InChI=1S/C22H36N2O5S/c1-2-3-4-5-6-7-10-19-30(26,27)23-21-12-9-8-11-20(21)22(25)29-18-15-24-13-16-28-17-14-24/h8-9,11-12,23H,2-7,10,13-19H2,1H3. The van der Waals surface area contributed by atoms with Crippen molar-refractivity contribution in [2.75, 3.05) is 49.9 Å². The van der Waals surface area contributed by atoms with Crippen molar-refractivity contribution in [3.8, 4) is 0 Å². The number of carbonyl (C=O) groups excluding carboxylic acids is 1. The number of anilines is 1. The van der Waals surface area contributed by atoms with Crippen molar-refractivity contribution in [3.63, 3.8) is 0 Å². The number of nitrogens with one attached hydrogen (secondary N) is 1. The van der Waals surface area contributed by atoms with Crippen LogP contribution in [0.3, 0.4) is 0 Å². The van der Waals surface area contributed by atoms with Gasteiger partial charge >= 0.3 is 5.97 Å². The van der Waals surface area contributed by atoms with Gasteiger partial charge in [-0.25, -0.2) is 13.2 Å². The van der Waals surface area contributed by atoms with E-state index >= 15 is 0 Å². The molecule has 1 aromatic carbocycles. The molecule has 0 atom stereocenters. The van der Waals surface area contributed by atoms with Crippen molar-refractivity contribution in [1.29, 1.82) is 0 Å². The Bertz CT molecular complexity index is 733. The number of rotatable bonds is 14. The van der Waals surface area contributed by atoms with Crippen LogP contribution in [0.15, 0.2) is 24.3 Å². The van der Waals surface area contributed by atoms with Gasteiger partial charge in [0.15, 0.2) is 0 Å². The number of hydrogen-bond donors (Lipinski definition) is 1. The maximum atomic E-state index is 12.5. The molecule has 1 aliphatic rings. The van der Waals surface area contributed by atoms with Gasteiger partial charge in [0.05, 0.1) is 30.2 Å². The average Bonchev–Trinajstić information content (AvgIpc) is 2.74. The maximum Gasteiger partial charge on any atom is 0.340 e. The SMILES string of the molecule is CCCCCCCCCS(=O)(=O)Nc1ccccc1C(=O)OCCN1CCOCC1. The Hall–Kier alpha value is -1.64. The minimum Gasteiger partial charge on any atom is -0.461 e. The molecule has 7 nitrogen and oxygen atoms in total. The van der Waals surface area contributed by atoms with Gasteiger partial charge in [0.1, 0.15) is 6.61 Å². The summed E-state index contributed by atoms with van der Waals surface area (Å²) >= 11 is 0. The molecule has 30 heavy (non-hydrogen) atoms. The fourth-order valence-corrected chi connectivity index (χ4v) is 4.59. The number of ether oxygens (including phenoxy) is 2. The highest BCUT2D eigenvalue weighted by molar-refractivity contribution is 7.92. The van der Waals surface area contributed by atoms with Crippen LogP contribution < -0.4 is 4.72 Å². The highest BCUT2D eigenvalue weighted by atomic mass is 32.2. The number of nitrogens with zero attached hydrogens (tertiary/aromatic N) is 1. The minimum absolute atomic E-state index is 0.0567. The van der Waals surface area contributed by atoms with Crippen molar-refractivity contribution >= 4 is 21.7 Å². The molecule has 1 aromatic rings. The zero-order chi connectivity index (χ0) is 21.7. The summed E-state index contributed by atoms with van der Waals surface area (Å²) in [6, 6.07) is 6.59. The molecule has 1 heterocycles. The summed E-state index contributed by atoms with van der Waals surface area (Å²) in [6.45, 7) is 6.11. The van der Waals surface area contributed by atoms with E-state index in [1.165, 1.54) is 19.3 Å². The highest BCUT2D eigenvalue weighted by Crippen LogP contribution is 2.19. The van der Waals surface area contributed by atoms with Crippen molar-refractivity contribution < 1.29 is 22.7 Å². The van der Waals surface area contributed by atoms with E-state index in [4.69, 9.17) is 9.47 Å². The van der Waals surface area contributed by atoms with Gasteiger partial charge in [-0.1, -0.05) is 57.6 Å². The van der Waals surface area contributed by atoms with Crippen molar-refractivity contribution in [2.24, 2.45) is 0 Å². The summed E-state index contributed by atoms with van der Waals surface area (Å²) < 4.78 is 38.1. The number of carbonyl (C=O) groups is 1. The Morgan fingerprint density at radius 3 is 2.47 bits per heavy atom. The zero-order valence-corrected chi connectivity index (χ0v) is 18.9. The second kappa shape index (κ2) is 13.6. The molecular formula is C22H36N2O5S. The Kier molecular flexibility index (Phi) is 11.2. The predicted molar refractivity (Wildman–Crippen MR) is 119 cm³/mol. The van der Waals surface area contributed by atoms with E-state index in [1.54, 1.807) is 24.3 Å². The summed E-state index contributed by atoms with van der Waals surface area (Å²) in [7, 11) is -3.51. The molecule has 0 amide bonds. The number of para-hydroxylation sites is 1. The molecule has 0 bridgehead atoms. The van der Waals surface area contributed by atoms with Crippen molar-refractivity contribution in [2.45, 2.75) is 51.9 Å². The monoisotopic (exact) mass is 440 g/mol. The Morgan fingerprint density at radius 1 is 1.07 bits per heavy atom. The fourth-order valence-electron chi connectivity index (χ4n) is 3.39. The number of sulfonamides is 1. The van der Waals surface area contributed by atoms with Gasteiger partial charge in [0.25, 0.3) is 0 Å². The number of unbranched alkanes of at least 4 members (excludes halogenated alkanes) is 6. The molecular weight excluding hydrogens is 404 g/mol. The van der Waals surface area contributed by atoms with E-state index in [-0.39, 0.29) is 23.6 Å². The molecule has 0 radical (unpaired) electrons. The first-order chi connectivity index (χ1) is 14.5. The first-order valence-electron chi connectivity index (χ1n) is 11.1.